The fraction of sp³-hybridized carbons (Fsp3) is 0.417. The van der Waals surface area contributed by atoms with Gasteiger partial charge in [-0.2, -0.15) is 0 Å². The second-order valence-corrected chi connectivity index (χ2v) is 6.36. The lowest BCUT2D eigenvalue weighted by Gasteiger charge is -2.20. The number of rotatable bonds is 2. The summed E-state index contributed by atoms with van der Waals surface area (Å²) >= 11 is 0. The summed E-state index contributed by atoms with van der Waals surface area (Å²) in [6, 6.07) is 5.21. The lowest BCUT2D eigenvalue weighted by molar-refractivity contribution is 0.0972. The summed E-state index contributed by atoms with van der Waals surface area (Å²) in [7, 11) is -1.73. The van der Waals surface area contributed by atoms with E-state index < -0.39 is 10.0 Å². The molecule has 0 heterocycles. The van der Waals surface area contributed by atoms with Crippen LogP contribution in [0, 0.1) is 0 Å². The van der Waals surface area contributed by atoms with Crippen LogP contribution in [-0.2, 0) is 16.4 Å². The van der Waals surface area contributed by atoms with Gasteiger partial charge in [0, 0.05) is 19.0 Å². The Kier molecular flexibility index (Phi) is 2.95. The van der Waals surface area contributed by atoms with Crippen molar-refractivity contribution in [3.63, 3.8) is 0 Å². The maximum absolute atomic E-state index is 11.6. The van der Waals surface area contributed by atoms with Gasteiger partial charge in [0.15, 0.2) is 5.78 Å². The molecule has 0 aliphatic heterocycles. The van der Waals surface area contributed by atoms with E-state index in [0.717, 1.165) is 30.2 Å². The number of hydrogen-bond acceptors (Lipinski definition) is 3. The number of hydrogen-bond donors (Lipinski definition) is 0. The van der Waals surface area contributed by atoms with Gasteiger partial charge < -0.3 is 0 Å². The van der Waals surface area contributed by atoms with E-state index in [2.05, 4.69) is 0 Å². The van der Waals surface area contributed by atoms with Crippen molar-refractivity contribution in [1.82, 2.24) is 0 Å². The first-order valence-corrected chi connectivity index (χ1v) is 7.34. The zero-order chi connectivity index (χ0) is 12.6. The first kappa shape index (κ1) is 12.1. The van der Waals surface area contributed by atoms with E-state index in [4.69, 9.17) is 0 Å². The lowest BCUT2D eigenvalue weighted by Crippen LogP contribution is -2.25. The van der Waals surface area contributed by atoms with E-state index in [1.54, 1.807) is 18.2 Å². The summed E-state index contributed by atoms with van der Waals surface area (Å²) in [5.74, 6) is 0.153. The van der Waals surface area contributed by atoms with E-state index in [1.165, 1.54) is 11.4 Å². The Bertz CT molecular complexity index is 563. The molecule has 1 aromatic carbocycles. The fourth-order valence-electron chi connectivity index (χ4n) is 2.02. The molecule has 0 amide bonds. The molecular formula is C12H15NO3S. The number of nitrogens with zero attached hydrogens (tertiary/aromatic N) is 1. The third kappa shape index (κ3) is 2.34. The van der Waals surface area contributed by atoms with E-state index in [1.807, 2.05) is 0 Å². The van der Waals surface area contributed by atoms with Crippen molar-refractivity contribution >= 4 is 21.5 Å². The maximum atomic E-state index is 11.6. The Balaban J connectivity index is 2.44. The number of aryl methyl sites for hydroxylation is 1. The third-order valence-electron chi connectivity index (χ3n) is 3.10. The quantitative estimate of drug-likeness (QED) is 0.804. The van der Waals surface area contributed by atoms with Crippen LogP contribution in [-0.4, -0.2) is 27.5 Å². The zero-order valence-corrected chi connectivity index (χ0v) is 10.8. The zero-order valence-electron chi connectivity index (χ0n) is 9.93. The first-order valence-electron chi connectivity index (χ1n) is 5.49. The molecule has 0 bridgehead atoms. The van der Waals surface area contributed by atoms with Crippen LogP contribution in [0.3, 0.4) is 0 Å². The van der Waals surface area contributed by atoms with E-state index >= 15 is 0 Å². The SMILES string of the molecule is CN(c1ccc2c(c1)CCCC2=O)S(C)(=O)=O. The minimum Gasteiger partial charge on any atom is -0.294 e. The molecule has 2 rings (SSSR count). The topological polar surface area (TPSA) is 54.5 Å². The number of anilines is 1. The maximum Gasteiger partial charge on any atom is 0.231 e. The number of benzene rings is 1. The van der Waals surface area contributed by atoms with Crippen LogP contribution in [0.1, 0.15) is 28.8 Å². The Morgan fingerprint density at radius 3 is 2.59 bits per heavy atom. The molecule has 0 N–H and O–H groups in total. The van der Waals surface area contributed by atoms with Crippen LogP contribution < -0.4 is 4.31 Å². The average molecular weight is 253 g/mol. The molecule has 0 unspecified atom stereocenters. The van der Waals surface area contributed by atoms with E-state index in [-0.39, 0.29) is 5.78 Å². The Morgan fingerprint density at radius 2 is 1.94 bits per heavy atom. The smallest absolute Gasteiger partial charge is 0.231 e. The number of sulfonamides is 1. The van der Waals surface area contributed by atoms with Crippen molar-refractivity contribution in [3.8, 4) is 0 Å². The summed E-state index contributed by atoms with van der Waals surface area (Å²) in [4.78, 5) is 11.6. The van der Waals surface area contributed by atoms with Crippen molar-refractivity contribution in [3.05, 3.63) is 29.3 Å². The van der Waals surface area contributed by atoms with Crippen molar-refractivity contribution in [1.29, 1.82) is 0 Å². The number of carbonyl (C=O) groups is 1. The van der Waals surface area contributed by atoms with Crippen LogP contribution in [0.5, 0.6) is 0 Å². The highest BCUT2D eigenvalue weighted by molar-refractivity contribution is 7.92. The summed E-state index contributed by atoms with van der Waals surface area (Å²) < 4.78 is 24.1. The molecule has 92 valence electrons. The highest BCUT2D eigenvalue weighted by Crippen LogP contribution is 2.26. The molecule has 0 spiro atoms. The Hall–Kier alpha value is -1.36. The first-order chi connectivity index (χ1) is 7.89. The minimum atomic E-state index is -3.25. The molecule has 0 radical (unpaired) electrons. The Labute approximate surface area is 101 Å². The van der Waals surface area contributed by atoms with E-state index in [9.17, 15) is 13.2 Å². The van der Waals surface area contributed by atoms with Gasteiger partial charge in [-0.25, -0.2) is 8.42 Å². The number of Topliss-reactive ketones (excluding diaryl/α,β-unsaturated/α-hetero) is 1. The molecule has 1 aromatic rings. The molecule has 17 heavy (non-hydrogen) atoms. The molecule has 1 aliphatic rings. The summed E-state index contributed by atoms with van der Waals surface area (Å²) in [6.07, 6.45) is 3.44. The summed E-state index contributed by atoms with van der Waals surface area (Å²) in [5.41, 5.74) is 2.30. The van der Waals surface area contributed by atoms with Gasteiger partial charge in [-0.1, -0.05) is 0 Å². The molecule has 0 saturated carbocycles. The van der Waals surface area contributed by atoms with Gasteiger partial charge in [0.2, 0.25) is 10.0 Å². The molecule has 4 nitrogen and oxygen atoms in total. The fourth-order valence-corrected chi connectivity index (χ4v) is 2.52. The normalized spacial score (nSPS) is 15.5. The minimum absolute atomic E-state index is 0.153. The summed E-state index contributed by atoms with van der Waals surface area (Å²) in [6.45, 7) is 0. The Morgan fingerprint density at radius 1 is 1.24 bits per heavy atom. The van der Waals surface area contributed by atoms with Gasteiger partial charge in [0.1, 0.15) is 0 Å². The van der Waals surface area contributed by atoms with Crippen molar-refractivity contribution < 1.29 is 13.2 Å². The van der Waals surface area contributed by atoms with Crippen molar-refractivity contribution in [2.75, 3.05) is 17.6 Å². The van der Waals surface area contributed by atoms with Crippen LogP contribution in [0.25, 0.3) is 0 Å². The van der Waals surface area contributed by atoms with Crippen LogP contribution in [0.15, 0.2) is 18.2 Å². The molecule has 0 fully saturated rings. The molecule has 5 heteroatoms. The molecule has 0 saturated heterocycles. The van der Waals surface area contributed by atoms with Gasteiger partial charge in [-0.15, -0.1) is 0 Å². The van der Waals surface area contributed by atoms with Gasteiger partial charge in [0.25, 0.3) is 0 Å². The van der Waals surface area contributed by atoms with Gasteiger partial charge in [-0.05, 0) is 36.6 Å². The van der Waals surface area contributed by atoms with Gasteiger partial charge in [0.05, 0.1) is 11.9 Å². The number of ketones is 1. The van der Waals surface area contributed by atoms with Crippen LogP contribution in [0.4, 0.5) is 5.69 Å². The predicted molar refractivity (Wildman–Crippen MR) is 67.0 cm³/mol. The number of carbonyl (C=O) groups excluding carboxylic acids is 1. The molecule has 0 atom stereocenters. The largest absolute Gasteiger partial charge is 0.294 e. The van der Waals surface area contributed by atoms with Crippen LogP contribution in [0.2, 0.25) is 0 Å². The second kappa shape index (κ2) is 4.14. The molecule has 0 aromatic heterocycles. The van der Waals surface area contributed by atoms with Crippen molar-refractivity contribution in [2.24, 2.45) is 0 Å². The van der Waals surface area contributed by atoms with Gasteiger partial charge >= 0.3 is 0 Å². The second-order valence-electron chi connectivity index (χ2n) is 4.35. The lowest BCUT2D eigenvalue weighted by atomic mass is 9.90. The summed E-state index contributed by atoms with van der Waals surface area (Å²) in [5, 5.41) is 0. The third-order valence-corrected chi connectivity index (χ3v) is 4.31. The van der Waals surface area contributed by atoms with Crippen molar-refractivity contribution in [2.45, 2.75) is 19.3 Å². The highest BCUT2D eigenvalue weighted by Gasteiger charge is 2.19. The van der Waals surface area contributed by atoms with Gasteiger partial charge in [-0.3, -0.25) is 9.10 Å². The number of fused-ring (bicyclic) bond motifs is 1. The molecule has 1 aliphatic carbocycles. The monoisotopic (exact) mass is 253 g/mol. The van der Waals surface area contributed by atoms with E-state index in [0.29, 0.717) is 12.1 Å². The standard InChI is InChI=1S/C12H15NO3S/c1-13(17(2,15)16)10-6-7-11-9(8-10)4-3-5-12(11)14/h6-8H,3-5H2,1-2H3. The average Bonchev–Trinajstić information content (AvgIpc) is 2.26. The van der Waals surface area contributed by atoms with Crippen LogP contribution >= 0.6 is 0 Å². The predicted octanol–water partition coefficient (Wildman–Crippen LogP) is 1.60. The molecular weight excluding hydrogens is 238 g/mol. The highest BCUT2D eigenvalue weighted by atomic mass is 32.2.